The fourth-order valence-electron chi connectivity index (χ4n) is 4.36. The third-order valence-corrected chi connectivity index (χ3v) is 6.34. The summed E-state index contributed by atoms with van der Waals surface area (Å²) in [5, 5.41) is 10.4. The lowest BCUT2D eigenvalue weighted by atomic mass is 10.1. The van der Waals surface area contributed by atoms with Crippen LogP contribution >= 0.6 is 11.6 Å². The molecule has 0 aliphatic rings. The fourth-order valence-corrected chi connectivity index (χ4v) is 4.56. The summed E-state index contributed by atoms with van der Waals surface area (Å²) < 4.78 is 16.4. The third kappa shape index (κ3) is 4.60. The Kier molecular flexibility index (Phi) is 5.75. The molecule has 37 heavy (non-hydrogen) atoms. The number of nitrogen functional groups attached to an aromatic ring is 1. The quantitative estimate of drug-likeness (QED) is 0.221. The number of aromatic nitrogens is 3. The molecule has 6 aromatic rings. The number of halogens is 2. The van der Waals surface area contributed by atoms with Crippen molar-refractivity contribution in [3.05, 3.63) is 115 Å². The molecule has 6 nitrogen and oxygen atoms in total. The summed E-state index contributed by atoms with van der Waals surface area (Å²) in [4.78, 5) is 8.43. The van der Waals surface area contributed by atoms with Crippen molar-refractivity contribution in [2.45, 2.75) is 0 Å². The molecule has 0 radical (unpaired) electrons. The summed E-state index contributed by atoms with van der Waals surface area (Å²) in [5.41, 5.74) is 10.2. The number of rotatable bonds is 5. The number of benzene rings is 3. The molecule has 0 unspecified atom stereocenters. The van der Waals surface area contributed by atoms with Gasteiger partial charge in [0.15, 0.2) is 12.4 Å². The third-order valence-electron chi connectivity index (χ3n) is 6.12. The minimum Gasteiger partial charge on any atom is -0.384 e. The predicted octanol–water partition coefficient (Wildman–Crippen LogP) is 6.92. The second-order valence-electron chi connectivity index (χ2n) is 8.59. The summed E-state index contributed by atoms with van der Waals surface area (Å²) in [6.45, 7) is 0. The highest BCUT2D eigenvalue weighted by Gasteiger charge is 2.11. The molecule has 3 aromatic carbocycles. The van der Waals surface area contributed by atoms with Crippen molar-refractivity contribution >= 4 is 61.7 Å². The molecule has 4 N–H and O–H groups in total. The minimum atomic E-state index is -0.342. The van der Waals surface area contributed by atoms with Crippen LogP contribution in [0.25, 0.3) is 27.2 Å². The molecule has 0 amide bonds. The Hall–Kier alpha value is -4.75. The van der Waals surface area contributed by atoms with Crippen molar-refractivity contribution in [2.24, 2.45) is 0 Å². The summed E-state index contributed by atoms with van der Waals surface area (Å²) in [6.07, 6.45) is 9.23. The summed E-state index contributed by atoms with van der Waals surface area (Å²) in [5.74, 6) is 0.109. The van der Waals surface area contributed by atoms with E-state index in [1.165, 1.54) is 6.07 Å². The second kappa shape index (κ2) is 9.37. The number of fused-ring (bicyclic) bond motifs is 2. The van der Waals surface area contributed by atoms with Crippen molar-refractivity contribution in [2.75, 3.05) is 16.4 Å². The first-order chi connectivity index (χ1) is 18.0. The van der Waals surface area contributed by atoms with Crippen LogP contribution in [0.15, 0.2) is 104 Å². The Morgan fingerprint density at radius 1 is 0.784 bits per heavy atom. The van der Waals surface area contributed by atoms with E-state index in [2.05, 4.69) is 38.8 Å². The number of nitrogens with one attached hydrogen (secondary N) is 2. The van der Waals surface area contributed by atoms with Gasteiger partial charge in [-0.3, -0.25) is 4.98 Å². The van der Waals surface area contributed by atoms with Gasteiger partial charge in [0.2, 0.25) is 5.69 Å². The van der Waals surface area contributed by atoms with Crippen LogP contribution in [-0.4, -0.2) is 9.97 Å². The lowest BCUT2D eigenvalue weighted by molar-refractivity contribution is -0.595. The van der Waals surface area contributed by atoms with Crippen LogP contribution in [0.1, 0.15) is 0 Å². The van der Waals surface area contributed by atoms with Crippen LogP contribution in [0.4, 0.5) is 33.0 Å². The van der Waals surface area contributed by atoms with Crippen LogP contribution in [-0.2, 0) is 0 Å². The van der Waals surface area contributed by atoms with Crippen molar-refractivity contribution in [3.8, 4) is 5.69 Å². The molecule has 180 valence electrons. The van der Waals surface area contributed by atoms with Gasteiger partial charge >= 0.3 is 0 Å². The molecule has 0 aliphatic heterocycles. The Bertz CT molecular complexity index is 1770. The highest BCUT2D eigenvalue weighted by Crippen LogP contribution is 2.31. The molecule has 3 heterocycles. The first-order valence-electron chi connectivity index (χ1n) is 11.6. The number of anilines is 5. The smallest absolute Gasteiger partial charge is 0.211 e. The van der Waals surface area contributed by atoms with Crippen LogP contribution < -0.4 is 20.9 Å². The highest BCUT2D eigenvalue weighted by molar-refractivity contribution is 6.31. The molecule has 6 rings (SSSR count). The van der Waals surface area contributed by atoms with E-state index in [9.17, 15) is 4.39 Å². The van der Waals surface area contributed by atoms with Crippen molar-refractivity contribution in [3.63, 3.8) is 0 Å². The molecular formula is C29H21ClFN6+. The lowest BCUT2D eigenvalue weighted by Gasteiger charge is -2.11. The van der Waals surface area contributed by atoms with Crippen LogP contribution in [0.3, 0.4) is 0 Å². The number of hydrogen-bond acceptors (Lipinski definition) is 5. The van der Waals surface area contributed by atoms with Gasteiger partial charge < -0.3 is 16.4 Å². The monoisotopic (exact) mass is 507 g/mol. The Balaban J connectivity index is 1.27. The number of nitrogens with zero attached hydrogens (tertiary/aromatic N) is 3. The van der Waals surface area contributed by atoms with E-state index in [4.69, 9.17) is 17.3 Å². The number of hydrogen-bond donors (Lipinski definition) is 3. The van der Waals surface area contributed by atoms with Crippen LogP contribution in [0.5, 0.6) is 0 Å². The van der Waals surface area contributed by atoms with Crippen molar-refractivity contribution < 1.29 is 8.96 Å². The first-order valence-corrected chi connectivity index (χ1v) is 11.9. The van der Waals surface area contributed by atoms with Gasteiger partial charge in [-0.05, 0) is 30.3 Å². The summed E-state index contributed by atoms with van der Waals surface area (Å²) in [7, 11) is 0. The Labute approximate surface area is 217 Å². The average Bonchev–Trinajstić information content (AvgIpc) is 2.89. The van der Waals surface area contributed by atoms with Crippen molar-refractivity contribution in [1.29, 1.82) is 0 Å². The molecule has 0 saturated carbocycles. The first kappa shape index (κ1) is 22.7. The summed E-state index contributed by atoms with van der Waals surface area (Å²) >= 11 is 6.10. The molecular weight excluding hydrogens is 487 g/mol. The van der Waals surface area contributed by atoms with Gasteiger partial charge in [-0.25, -0.2) is 9.37 Å². The zero-order chi connectivity index (χ0) is 25.4. The van der Waals surface area contributed by atoms with Crippen LogP contribution in [0, 0.1) is 5.82 Å². The van der Waals surface area contributed by atoms with E-state index >= 15 is 0 Å². The zero-order valence-electron chi connectivity index (χ0n) is 19.5. The Morgan fingerprint density at radius 3 is 2.46 bits per heavy atom. The van der Waals surface area contributed by atoms with E-state index in [-0.39, 0.29) is 5.82 Å². The van der Waals surface area contributed by atoms with Gasteiger partial charge in [-0.1, -0.05) is 23.7 Å². The van der Waals surface area contributed by atoms with Crippen molar-refractivity contribution in [1.82, 2.24) is 9.97 Å². The molecule has 3 aromatic heterocycles. The van der Waals surface area contributed by atoms with Gasteiger partial charge in [0.1, 0.15) is 11.6 Å². The van der Waals surface area contributed by atoms with E-state index in [0.29, 0.717) is 16.2 Å². The average molecular weight is 508 g/mol. The summed E-state index contributed by atoms with van der Waals surface area (Å²) in [6, 6.07) is 22.3. The van der Waals surface area contributed by atoms with E-state index < -0.39 is 0 Å². The SMILES string of the molecule is Nc1cc(Nc2cncc3cc(-[n+]4ccc(Nc5cccc6c(F)cc(Cl)cc56)cc4)ccc23)ccn1. The van der Waals surface area contributed by atoms with Gasteiger partial charge in [0.25, 0.3) is 0 Å². The van der Waals surface area contributed by atoms with E-state index in [1.54, 1.807) is 30.6 Å². The van der Waals surface area contributed by atoms with Gasteiger partial charge in [-0.2, -0.15) is 4.57 Å². The highest BCUT2D eigenvalue weighted by atomic mass is 35.5. The minimum absolute atomic E-state index is 0.342. The fraction of sp³-hybridized carbons (Fsp3) is 0. The molecule has 8 heteroatoms. The molecule has 0 aliphatic carbocycles. The van der Waals surface area contributed by atoms with E-state index in [0.717, 1.165) is 44.6 Å². The maximum atomic E-state index is 14.3. The molecule has 0 fully saturated rings. The predicted molar refractivity (Wildman–Crippen MR) is 147 cm³/mol. The van der Waals surface area contributed by atoms with E-state index in [1.807, 2.05) is 53.5 Å². The standard InChI is InChI=1S/C29H20ClFN6/c30-19-13-25-24(26(31)14-19)2-1-3-27(25)35-20-7-10-37(11-8-20)22-4-5-23-18(12-22)16-33-17-28(23)36-21-6-9-34-29(32)15-21/h1-17H,(H3,32,34,36)/p+1. The second-order valence-corrected chi connectivity index (χ2v) is 9.03. The molecule has 0 atom stereocenters. The van der Waals surface area contributed by atoms with Gasteiger partial charge in [0, 0.05) is 80.7 Å². The zero-order valence-corrected chi connectivity index (χ0v) is 20.2. The number of nitrogens with two attached hydrogens (primary N) is 1. The molecule has 0 bridgehead atoms. The van der Waals surface area contributed by atoms with Crippen LogP contribution in [0.2, 0.25) is 5.02 Å². The number of pyridine rings is 3. The van der Waals surface area contributed by atoms with Gasteiger partial charge in [0.05, 0.1) is 17.6 Å². The molecule has 0 saturated heterocycles. The lowest BCUT2D eigenvalue weighted by Crippen LogP contribution is -2.29. The maximum Gasteiger partial charge on any atom is 0.211 e. The molecule has 0 spiro atoms. The largest absolute Gasteiger partial charge is 0.384 e. The Morgan fingerprint density at radius 2 is 1.62 bits per heavy atom. The maximum absolute atomic E-state index is 14.3. The topological polar surface area (TPSA) is 79.7 Å². The normalized spacial score (nSPS) is 11.1. The van der Waals surface area contributed by atoms with Gasteiger partial charge in [-0.15, -0.1) is 0 Å².